The maximum Gasteiger partial charge on any atom is 0.222 e. The molecule has 0 radical (unpaired) electrons. The van der Waals surface area contributed by atoms with Crippen LogP contribution in [0.5, 0.6) is 5.75 Å². The van der Waals surface area contributed by atoms with Crippen LogP contribution in [0.1, 0.15) is 6.92 Å². The highest BCUT2D eigenvalue weighted by Crippen LogP contribution is 2.08. The third kappa shape index (κ3) is 3.57. The summed E-state index contributed by atoms with van der Waals surface area (Å²) in [4.78, 5) is 7.58. The highest BCUT2D eigenvalue weighted by Gasteiger charge is 2.00. The summed E-state index contributed by atoms with van der Waals surface area (Å²) in [7, 11) is 1.88. The van der Waals surface area contributed by atoms with E-state index < -0.39 is 0 Å². The lowest BCUT2D eigenvalue weighted by Crippen LogP contribution is -2.28. The van der Waals surface area contributed by atoms with Gasteiger partial charge in [-0.15, -0.1) is 0 Å². The molecule has 0 bridgehead atoms. The summed E-state index contributed by atoms with van der Waals surface area (Å²) in [6.07, 6.45) is 3.11. The Bertz CT molecular complexity index is 252. The van der Waals surface area contributed by atoms with E-state index in [4.69, 9.17) is 16.3 Å². The van der Waals surface area contributed by atoms with Crippen LogP contribution in [0.3, 0.4) is 0 Å². The molecule has 4 nitrogen and oxygen atoms in total. The molecule has 1 N–H and O–H groups in total. The molecule has 0 saturated carbocycles. The highest BCUT2D eigenvalue weighted by atomic mass is 35.5. The van der Waals surface area contributed by atoms with Gasteiger partial charge in [0.1, 0.15) is 6.61 Å². The Balaban J connectivity index is 2.41. The molecule has 1 aromatic rings. The van der Waals surface area contributed by atoms with Gasteiger partial charge in [0.2, 0.25) is 5.28 Å². The second-order valence-corrected chi connectivity index (χ2v) is 3.03. The number of nitrogens with zero attached hydrogens (tertiary/aromatic N) is 2. The molecule has 0 amide bonds. The Morgan fingerprint density at radius 3 is 2.69 bits per heavy atom. The van der Waals surface area contributed by atoms with Crippen molar-refractivity contribution in [2.24, 2.45) is 0 Å². The average Bonchev–Trinajstić information content (AvgIpc) is 2.16. The summed E-state index contributed by atoms with van der Waals surface area (Å²) in [5, 5.41) is 3.29. The van der Waals surface area contributed by atoms with Crippen molar-refractivity contribution in [1.82, 2.24) is 15.3 Å². The summed E-state index contributed by atoms with van der Waals surface area (Å²) >= 11 is 5.51. The highest BCUT2D eigenvalue weighted by molar-refractivity contribution is 6.28. The van der Waals surface area contributed by atoms with Gasteiger partial charge in [-0.1, -0.05) is 0 Å². The number of nitrogens with one attached hydrogen (secondary N) is 1. The Morgan fingerprint density at radius 1 is 1.54 bits per heavy atom. The Labute approximate surface area is 82.3 Å². The van der Waals surface area contributed by atoms with Gasteiger partial charge in [-0.3, -0.25) is 0 Å². The first-order valence-electron chi connectivity index (χ1n) is 4.00. The van der Waals surface area contributed by atoms with E-state index in [1.807, 2.05) is 14.0 Å². The predicted molar refractivity (Wildman–Crippen MR) is 51.1 cm³/mol. The predicted octanol–water partition coefficient (Wildman–Crippen LogP) is 1.12. The molecule has 72 valence electrons. The minimum atomic E-state index is 0.231. The van der Waals surface area contributed by atoms with Crippen molar-refractivity contribution in [3.63, 3.8) is 0 Å². The van der Waals surface area contributed by atoms with E-state index in [0.717, 1.165) is 0 Å². The van der Waals surface area contributed by atoms with Gasteiger partial charge in [-0.05, 0) is 25.6 Å². The van der Waals surface area contributed by atoms with Crippen LogP contribution in [-0.4, -0.2) is 29.7 Å². The number of likely N-dealkylation sites (N-methyl/N-ethyl adjacent to an activating group) is 1. The summed E-state index contributed by atoms with van der Waals surface area (Å²) < 4.78 is 5.37. The van der Waals surface area contributed by atoms with Gasteiger partial charge in [-0.2, -0.15) is 0 Å². The maximum atomic E-state index is 5.51. The molecule has 0 saturated heterocycles. The Hall–Kier alpha value is -0.870. The standard InChI is InChI=1S/C8H12ClN3O/c1-6(10-2)5-13-7-3-11-8(9)12-4-7/h3-4,6,10H,5H2,1-2H3. The fraction of sp³-hybridized carbons (Fsp3) is 0.500. The third-order valence-corrected chi connectivity index (χ3v) is 1.78. The normalized spacial score (nSPS) is 12.5. The van der Waals surface area contributed by atoms with Crippen molar-refractivity contribution in [3.8, 4) is 5.75 Å². The lowest BCUT2D eigenvalue weighted by Gasteiger charge is -2.10. The third-order valence-electron chi connectivity index (χ3n) is 1.59. The Kier molecular flexibility index (Phi) is 3.92. The minimum Gasteiger partial charge on any atom is -0.489 e. The first-order valence-corrected chi connectivity index (χ1v) is 4.37. The molecule has 13 heavy (non-hydrogen) atoms. The minimum absolute atomic E-state index is 0.231. The number of halogens is 1. The average molecular weight is 202 g/mol. The molecule has 0 fully saturated rings. The molecule has 0 aromatic carbocycles. The maximum absolute atomic E-state index is 5.51. The molecule has 0 aliphatic heterocycles. The van der Waals surface area contributed by atoms with Gasteiger partial charge >= 0.3 is 0 Å². The smallest absolute Gasteiger partial charge is 0.222 e. The lowest BCUT2D eigenvalue weighted by molar-refractivity contribution is 0.278. The molecular weight excluding hydrogens is 190 g/mol. The molecule has 1 heterocycles. The summed E-state index contributed by atoms with van der Waals surface area (Å²) in [5.41, 5.74) is 0. The van der Waals surface area contributed by atoms with Gasteiger partial charge in [0, 0.05) is 6.04 Å². The monoisotopic (exact) mass is 201 g/mol. The second kappa shape index (κ2) is 4.99. The van der Waals surface area contributed by atoms with E-state index in [1.54, 1.807) is 12.4 Å². The van der Waals surface area contributed by atoms with E-state index in [0.29, 0.717) is 18.4 Å². The van der Waals surface area contributed by atoms with Crippen molar-refractivity contribution >= 4 is 11.6 Å². The van der Waals surface area contributed by atoms with Crippen molar-refractivity contribution in [2.45, 2.75) is 13.0 Å². The number of rotatable bonds is 4. The zero-order valence-corrected chi connectivity index (χ0v) is 8.38. The first kappa shape index (κ1) is 10.2. The molecule has 1 rings (SSSR count). The quantitative estimate of drug-likeness (QED) is 0.742. The van der Waals surface area contributed by atoms with Crippen molar-refractivity contribution in [1.29, 1.82) is 0 Å². The number of hydrogen-bond acceptors (Lipinski definition) is 4. The summed E-state index contributed by atoms with van der Waals surface area (Å²) in [5.74, 6) is 0.631. The second-order valence-electron chi connectivity index (χ2n) is 2.69. The zero-order valence-electron chi connectivity index (χ0n) is 7.62. The van der Waals surface area contributed by atoms with Crippen molar-refractivity contribution < 1.29 is 4.74 Å². The van der Waals surface area contributed by atoms with E-state index >= 15 is 0 Å². The zero-order chi connectivity index (χ0) is 9.68. The van der Waals surface area contributed by atoms with Crippen LogP contribution in [-0.2, 0) is 0 Å². The fourth-order valence-electron chi connectivity index (χ4n) is 0.680. The van der Waals surface area contributed by atoms with Crippen LogP contribution in [0.4, 0.5) is 0 Å². The largest absolute Gasteiger partial charge is 0.489 e. The van der Waals surface area contributed by atoms with Gasteiger partial charge in [0.25, 0.3) is 0 Å². The molecule has 0 aliphatic carbocycles. The van der Waals surface area contributed by atoms with Crippen LogP contribution in [0.25, 0.3) is 0 Å². The Morgan fingerprint density at radius 2 is 2.15 bits per heavy atom. The molecule has 1 unspecified atom stereocenters. The van der Waals surface area contributed by atoms with E-state index in [-0.39, 0.29) is 5.28 Å². The number of ether oxygens (including phenoxy) is 1. The van der Waals surface area contributed by atoms with Crippen LogP contribution >= 0.6 is 11.6 Å². The topological polar surface area (TPSA) is 47.0 Å². The van der Waals surface area contributed by atoms with E-state index in [9.17, 15) is 0 Å². The molecule has 1 atom stereocenters. The van der Waals surface area contributed by atoms with E-state index in [1.165, 1.54) is 0 Å². The molecule has 1 aromatic heterocycles. The van der Waals surface area contributed by atoms with Gasteiger partial charge in [-0.25, -0.2) is 9.97 Å². The van der Waals surface area contributed by atoms with Gasteiger partial charge < -0.3 is 10.1 Å². The SMILES string of the molecule is CNC(C)COc1cnc(Cl)nc1. The molecular formula is C8H12ClN3O. The van der Waals surface area contributed by atoms with Crippen LogP contribution < -0.4 is 10.1 Å². The van der Waals surface area contributed by atoms with Gasteiger partial charge in [0.05, 0.1) is 12.4 Å². The van der Waals surface area contributed by atoms with Crippen LogP contribution in [0.2, 0.25) is 5.28 Å². The number of aromatic nitrogens is 2. The molecule has 0 aliphatic rings. The van der Waals surface area contributed by atoms with E-state index in [2.05, 4.69) is 15.3 Å². The first-order chi connectivity index (χ1) is 6.22. The summed E-state index contributed by atoms with van der Waals surface area (Å²) in [6.45, 7) is 2.61. The van der Waals surface area contributed by atoms with Crippen LogP contribution in [0, 0.1) is 0 Å². The lowest BCUT2D eigenvalue weighted by atomic mass is 10.4. The van der Waals surface area contributed by atoms with Crippen molar-refractivity contribution in [2.75, 3.05) is 13.7 Å². The number of hydrogen-bond donors (Lipinski definition) is 1. The summed E-state index contributed by atoms with van der Waals surface area (Å²) in [6, 6.07) is 0.302. The van der Waals surface area contributed by atoms with Gasteiger partial charge in [0.15, 0.2) is 5.75 Å². The molecule has 5 heteroatoms. The van der Waals surface area contributed by atoms with Crippen LogP contribution in [0.15, 0.2) is 12.4 Å². The fourth-order valence-corrected chi connectivity index (χ4v) is 0.777. The van der Waals surface area contributed by atoms with Crippen molar-refractivity contribution in [3.05, 3.63) is 17.7 Å². The molecule has 0 spiro atoms.